The Kier molecular flexibility index (Phi) is 5.13. The van der Waals surface area contributed by atoms with Crippen LogP contribution in [0.3, 0.4) is 0 Å². The minimum absolute atomic E-state index is 0.394. The van der Waals surface area contributed by atoms with Gasteiger partial charge in [0.05, 0.1) is 0 Å². The first-order valence-corrected chi connectivity index (χ1v) is 7.01. The normalized spacial score (nSPS) is 10.8. The van der Waals surface area contributed by atoms with E-state index < -0.39 is 0 Å². The molecule has 1 aromatic carbocycles. The van der Waals surface area contributed by atoms with Crippen LogP contribution in [-0.4, -0.2) is 12.0 Å². The van der Waals surface area contributed by atoms with Gasteiger partial charge in [0.15, 0.2) is 0 Å². The Morgan fingerprint density at radius 3 is 2.50 bits per heavy atom. The second-order valence-corrected chi connectivity index (χ2v) is 5.20. The van der Waals surface area contributed by atoms with Gasteiger partial charge in [-0.05, 0) is 30.2 Å². The van der Waals surface area contributed by atoms with Crippen LogP contribution in [0.15, 0.2) is 42.5 Å². The average molecular weight is 270 g/mol. The van der Waals surface area contributed by atoms with E-state index in [9.17, 15) is 0 Å². The maximum atomic E-state index is 5.83. The third kappa shape index (κ3) is 4.07. The first-order chi connectivity index (χ1) is 9.69. The van der Waals surface area contributed by atoms with Gasteiger partial charge in [-0.25, -0.2) is 4.98 Å². The van der Waals surface area contributed by atoms with Crippen molar-refractivity contribution in [2.24, 2.45) is 0 Å². The Morgan fingerprint density at radius 1 is 1.10 bits per heavy atom. The molecule has 0 atom stereocenters. The Bertz CT molecular complexity index is 538. The summed E-state index contributed by atoms with van der Waals surface area (Å²) >= 11 is 0. The van der Waals surface area contributed by atoms with Gasteiger partial charge in [0.25, 0.3) is 0 Å². The molecular formula is C17H22N2O. The molecule has 0 fully saturated rings. The van der Waals surface area contributed by atoms with E-state index in [1.165, 1.54) is 5.56 Å². The molecule has 0 radical (unpaired) electrons. The van der Waals surface area contributed by atoms with Crippen LogP contribution >= 0.6 is 0 Å². The van der Waals surface area contributed by atoms with E-state index in [4.69, 9.17) is 4.74 Å². The van der Waals surface area contributed by atoms with Crippen molar-refractivity contribution in [1.29, 1.82) is 0 Å². The van der Waals surface area contributed by atoms with Crippen molar-refractivity contribution >= 4 is 0 Å². The van der Waals surface area contributed by atoms with E-state index >= 15 is 0 Å². The number of hydrogen-bond acceptors (Lipinski definition) is 3. The van der Waals surface area contributed by atoms with Crippen molar-refractivity contribution in [3.63, 3.8) is 0 Å². The van der Waals surface area contributed by atoms with Crippen LogP contribution < -0.4 is 10.1 Å². The van der Waals surface area contributed by atoms with Gasteiger partial charge in [-0.2, -0.15) is 0 Å². The summed E-state index contributed by atoms with van der Waals surface area (Å²) in [6.45, 7) is 5.66. The third-order valence-corrected chi connectivity index (χ3v) is 3.08. The maximum Gasteiger partial charge on any atom is 0.214 e. The lowest BCUT2D eigenvalue weighted by atomic mass is 10.1. The molecule has 2 aromatic rings. The minimum atomic E-state index is 0.394. The fraction of sp³-hybridized carbons (Fsp3) is 0.353. The molecule has 3 heteroatoms. The van der Waals surface area contributed by atoms with E-state index in [0.717, 1.165) is 17.8 Å². The highest BCUT2D eigenvalue weighted by Crippen LogP contribution is 2.19. The summed E-state index contributed by atoms with van der Waals surface area (Å²) in [5.74, 6) is 1.09. The van der Waals surface area contributed by atoms with E-state index in [0.29, 0.717) is 18.4 Å². The number of benzene rings is 1. The Balaban J connectivity index is 2.13. The summed E-state index contributed by atoms with van der Waals surface area (Å²) < 4.78 is 5.83. The summed E-state index contributed by atoms with van der Waals surface area (Å²) in [6, 6.07) is 14.3. The topological polar surface area (TPSA) is 34.1 Å². The molecule has 106 valence electrons. The van der Waals surface area contributed by atoms with Gasteiger partial charge in [-0.3, -0.25) is 0 Å². The molecule has 0 saturated heterocycles. The molecule has 0 saturated carbocycles. The van der Waals surface area contributed by atoms with E-state index in [2.05, 4.69) is 42.3 Å². The molecule has 1 N–H and O–H groups in total. The zero-order valence-electron chi connectivity index (χ0n) is 12.4. The number of ether oxygens (including phenoxy) is 1. The van der Waals surface area contributed by atoms with Gasteiger partial charge in [0.1, 0.15) is 6.61 Å². The zero-order chi connectivity index (χ0) is 14.4. The monoisotopic (exact) mass is 270 g/mol. The van der Waals surface area contributed by atoms with Crippen molar-refractivity contribution < 1.29 is 4.74 Å². The highest BCUT2D eigenvalue weighted by Gasteiger charge is 2.07. The molecule has 0 unspecified atom stereocenters. The Morgan fingerprint density at radius 2 is 1.85 bits per heavy atom. The van der Waals surface area contributed by atoms with Crippen LogP contribution in [0.25, 0.3) is 0 Å². The number of nitrogens with zero attached hydrogens (tertiary/aromatic N) is 1. The number of nitrogens with one attached hydrogen (secondary N) is 1. The molecule has 0 spiro atoms. The lowest BCUT2D eigenvalue weighted by Crippen LogP contribution is -2.08. The van der Waals surface area contributed by atoms with Crippen LogP contribution in [0, 0.1) is 0 Å². The molecule has 2 rings (SSSR count). The number of hydrogen-bond donors (Lipinski definition) is 1. The Labute approximate surface area is 121 Å². The van der Waals surface area contributed by atoms with Crippen LogP contribution in [0.4, 0.5) is 0 Å². The van der Waals surface area contributed by atoms with Gasteiger partial charge in [0, 0.05) is 18.3 Å². The summed E-state index contributed by atoms with van der Waals surface area (Å²) in [4.78, 5) is 4.58. The van der Waals surface area contributed by atoms with Crippen molar-refractivity contribution in [3.8, 4) is 5.88 Å². The van der Waals surface area contributed by atoms with Gasteiger partial charge in [0.2, 0.25) is 5.88 Å². The van der Waals surface area contributed by atoms with E-state index in [-0.39, 0.29) is 0 Å². The van der Waals surface area contributed by atoms with Crippen LogP contribution in [-0.2, 0) is 13.2 Å². The standard InChI is InChI=1S/C17H22N2O/c1-13(2)16-9-15(11-18-3)10-17(19-16)20-12-14-7-5-4-6-8-14/h4-10,13,18H,11-12H2,1-3H3. The van der Waals surface area contributed by atoms with Crippen LogP contribution in [0.5, 0.6) is 5.88 Å². The molecule has 0 bridgehead atoms. The lowest BCUT2D eigenvalue weighted by Gasteiger charge is -2.12. The van der Waals surface area contributed by atoms with Crippen LogP contribution in [0.2, 0.25) is 0 Å². The molecule has 1 heterocycles. The molecule has 0 aliphatic heterocycles. The van der Waals surface area contributed by atoms with Gasteiger partial charge < -0.3 is 10.1 Å². The van der Waals surface area contributed by atoms with E-state index in [1.807, 2.05) is 31.3 Å². The molecule has 0 aliphatic rings. The highest BCUT2D eigenvalue weighted by molar-refractivity contribution is 5.27. The van der Waals surface area contributed by atoms with Gasteiger partial charge in [-0.15, -0.1) is 0 Å². The van der Waals surface area contributed by atoms with Gasteiger partial charge in [-0.1, -0.05) is 44.2 Å². The van der Waals surface area contributed by atoms with Crippen molar-refractivity contribution in [1.82, 2.24) is 10.3 Å². The number of pyridine rings is 1. The van der Waals surface area contributed by atoms with Crippen molar-refractivity contribution in [2.75, 3.05) is 7.05 Å². The van der Waals surface area contributed by atoms with Crippen molar-refractivity contribution in [2.45, 2.75) is 32.9 Å². The molecule has 1 aromatic heterocycles. The zero-order valence-corrected chi connectivity index (χ0v) is 12.4. The largest absolute Gasteiger partial charge is 0.473 e. The second kappa shape index (κ2) is 7.06. The number of rotatable bonds is 6. The first-order valence-electron chi connectivity index (χ1n) is 7.01. The molecule has 20 heavy (non-hydrogen) atoms. The number of aromatic nitrogens is 1. The predicted molar refractivity (Wildman–Crippen MR) is 81.9 cm³/mol. The van der Waals surface area contributed by atoms with Crippen LogP contribution in [0.1, 0.15) is 36.6 Å². The SMILES string of the molecule is CNCc1cc(OCc2ccccc2)nc(C(C)C)c1. The molecule has 0 amide bonds. The molecule has 3 nitrogen and oxygen atoms in total. The quantitative estimate of drug-likeness (QED) is 0.872. The van der Waals surface area contributed by atoms with Crippen molar-refractivity contribution in [3.05, 3.63) is 59.3 Å². The lowest BCUT2D eigenvalue weighted by molar-refractivity contribution is 0.292. The molecule has 0 aliphatic carbocycles. The maximum absolute atomic E-state index is 5.83. The summed E-state index contributed by atoms with van der Waals surface area (Å²) in [7, 11) is 1.94. The second-order valence-electron chi connectivity index (χ2n) is 5.20. The minimum Gasteiger partial charge on any atom is -0.473 e. The van der Waals surface area contributed by atoms with Gasteiger partial charge >= 0.3 is 0 Å². The van der Waals surface area contributed by atoms with E-state index in [1.54, 1.807) is 0 Å². The smallest absolute Gasteiger partial charge is 0.214 e. The average Bonchev–Trinajstić information content (AvgIpc) is 2.46. The Hall–Kier alpha value is -1.87. The molecular weight excluding hydrogens is 248 g/mol. The first kappa shape index (κ1) is 14.5. The predicted octanol–water partition coefficient (Wildman–Crippen LogP) is 3.50. The fourth-order valence-corrected chi connectivity index (χ4v) is 1.99. The fourth-order valence-electron chi connectivity index (χ4n) is 1.99. The summed E-state index contributed by atoms with van der Waals surface area (Å²) in [5.41, 5.74) is 3.43. The third-order valence-electron chi connectivity index (χ3n) is 3.08. The highest BCUT2D eigenvalue weighted by atomic mass is 16.5. The summed E-state index contributed by atoms with van der Waals surface area (Å²) in [5, 5.41) is 3.17. The summed E-state index contributed by atoms with van der Waals surface area (Å²) in [6.07, 6.45) is 0.